The Morgan fingerprint density at radius 2 is 1.72 bits per heavy atom. The standard InChI is InChI=1S/C23H25ClF5N5O2/c1-30-22(36)31-13-14-2-4-16(20(26)19(14)25)21(35)32-17-5-3-15(24)12-18(17)34-10-8-33(9-11-34)7-6-23(27,28)29/h2-5,12H,6-11,13H2,1H3,(H,32,35)(H2,30,31,36). The van der Waals surface area contributed by atoms with Crippen LogP contribution in [0.3, 0.4) is 0 Å². The van der Waals surface area contributed by atoms with Crippen molar-refractivity contribution in [2.45, 2.75) is 19.1 Å². The molecule has 0 spiro atoms. The normalized spacial score (nSPS) is 14.5. The number of hydrogen-bond donors (Lipinski definition) is 3. The molecule has 0 atom stereocenters. The molecule has 3 amide bonds. The van der Waals surface area contributed by atoms with Crippen LogP contribution in [0.2, 0.25) is 5.02 Å². The first-order valence-corrected chi connectivity index (χ1v) is 11.4. The molecule has 7 nitrogen and oxygen atoms in total. The third kappa shape index (κ3) is 7.20. The number of benzene rings is 2. The second-order valence-corrected chi connectivity index (χ2v) is 8.58. The lowest BCUT2D eigenvalue weighted by Crippen LogP contribution is -2.47. The third-order valence-electron chi connectivity index (χ3n) is 5.71. The number of alkyl halides is 3. The van der Waals surface area contributed by atoms with Crippen molar-refractivity contribution in [3.63, 3.8) is 0 Å². The number of carbonyl (C=O) groups excluding carboxylic acids is 2. The molecule has 2 aromatic rings. The average molecular weight is 534 g/mol. The summed E-state index contributed by atoms with van der Waals surface area (Å²) in [6.45, 7) is 1.15. The molecule has 2 aromatic carbocycles. The quantitative estimate of drug-likeness (QED) is 0.462. The summed E-state index contributed by atoms with van der Waals surface area (Å²) in [4.78, 5) is 27.6. The molecule has 1 aliphatic heterocycles. The zero-order valence-electron chi connectivity index (χ0n) is 19.3. The number of halogens is 6. The minimum atomic E-state index is -4.23. The highest BCUT2D eigenvalue weighted by Crippen LogP contribution is 2.31. The van der Waals surface area contributed by atoms with E-state index in [4.69, 9.17) is 11.6 Å². The van der Waals surface area contributed by atoms with Gasteiger partial charge in [0, 0.05) is 56.9 Å². The number of nitrogens with one attached hydrogen (secondary N) is 3. The highest BCUT2D eigenvalue weighted by atomic mass is 35.5. The molecule has 1 heterocycles. The second-order valence-electron chi connectivity index (χ2n) is 8.14. The monoisotopic (exact) mass is 533 g/mol. The summed E-state index contributed by atoms with van der Waals surface area (Å²) in [6, 6.07) is 6.36. The van der Waals surface area contributed by atoms with Crippen LogP contribution in [0.15, 0.2) is 30.3 Å². The van der Waals surface area contributed by atoms with E-state index in [0.717, 1.165) is 6.07 Å². The van der Waals surface area contributed by atoms with Gasteiger partial charge in [0.05, 0.1) is 23.4 Å². The van der Waals surface area contributed by atoms with E-state index in [-0.39, 0.29) is 18.7 Å². The van der Waals surface area contributed by atoms with Crippen LogP contribution in [0.5, 0.6) is 0 Å². The maximum Gasteiger partial charge on any atom is 0.390 e. The molecular weight excluding hydrogens is 509 g/mol. The molecule has 13 heteroatoms. The van der Waals surface area contributed by atoms with Crippen LogP contribution in [-0.2, 0) is 6.54 Å². The van der Waals surface area contributed by atoms with Crippen LogP contribution in [0.25, 0.3) is 0 Å². The van der Waals surface area contributed by atoms with Crippen LogP contribution in [0.1, 0.15) is 22.3 Å². The third-order valence-corrected chi connectivity index (χ3v) is 5.94. The van der Waals surface area contributed by atoms with E-state index in [1.165, 1.54) is 25.2 Å². The van der Waals surface area contributed by atoms with Crippen LogP contribution in [0.4, 0.5) is 38.1 Å². The van der Waals surface area contributed by atoms with E-state index in [2.05, 4.69) is 16.0 Å². The summed E-state index contributed by atoms with van der Waals surface area (Å²) >= 11 is 6.13. The SMILES string of the molecule is CNC(=O)NCc1ccc(C(=O)Nc2ccc(Cl)cc2N2CCN(CCC(F)(F)F)CC2)c(F)c1F. The van der Waals surface area contributed by atoms with Gasteiger partial charge in [-0.05, 0) is 24.3 Å². The summed E-state index contributed by atoms with van der Waals surface area (Å²) in [5, 5.41) is 7.56. The molecule has 0 aromatic heterocycles. The van der Waals surface area contributed by atoms with Crippen molar-refractivity contribution in [2.75, 3.05) is 50.0 Å². The number of hydrogen-bond acceptors (Lipinski definition) is 4. The van der Waals surface area contributed by atoms with Gasteiger partial charge in [-0.15, -0.1) is 0 Å². The van der Waals surface area contributed by atoms with Gasteiger partial charge in [0.1, 0.15) is 0 Å². The molecular formula is C23H25ClF5N5O2. The Hall–Kier alpha value is -3.12. The van der Waals surface area contributed by atoms with E-state index in [1.807, 2.05) is 4.90 Å². The molecule has 3 rings (SSSR count). The van der Waals surface area contributed by atoms with Crippen molar-refractivity contribution >= 4 is 34.9 Å². The van der Waals surface area contributed by atoms with Gasteiger partial charge in [0.2, 0.25) is 0 Å². The molecule has 0 radical (unpaired) electrons. The molecule has 0 unspecified atom stereocenters. The van der Waals surface area contributed by atoms with Gasteiger partial charge in [-0.25, -0.2) is 13.6 Å². The van der Waals surface area contributed by atoms with Crippen LogP contribution >= 0.6 is 11.6 Å². The summed E-state index contributed by atoms with van der Waals surface area (Å²) in [7, 11) is 1.37. The smallest absolute Gasteiger partial charge is 0.367 e. The topological polar surface area (TPSA) is 76.7 Å². The van der Waals surface area contributed by atoms with E-state index < -0.39 is 41.7 Å². The Morgan fingerprint density at radius 1 is 1.03 bits per heavy atom. The molecule has 0 bridgehead atoms. The summed E-state index contributed by atoms with van der Waals surface area (Å²) in [6.07, 6.45) is -5.12. The van der Waals surface area contributed by atoms with Crippen molar-refractivity contribution < 1.29 is 31.5 Å². The molecule has 196 valence electrons. The van der Waals surface area contributed by atoms with Crippen LogP contribution in [-0.4, -0.2) is 62.8 Å². The lowest BCUT2D eigenvalue weighted by Gasteiger charge is -2.37. The van der Waals surface area contributed by atoms with Gasteiger partial charge in [-0.3, -0.25) is 9.69 Å². The Labute approximate surface area is 209 Å². The highest BCUT2D eigenvalue weighted by molar-refractivity contribution is 6.31. The number of piperazine rings is 1. The van der Waals surface area contributed by atoms with E-state index in [9.17, 15) is 31.5 Å². The zero-order valence-corrected chi connectivity index (χ0v) is 20.1. The van der Waals surface area contributed by atoms with Gasteiger partial charge in [-0.1, -0.05) is 17.7 Å². The van der Waals surface area contributed by atoms with E-state index in [1.54, 1.807) is 11.0 Å². The summed E-state index contributed by atoms with van der Waals surface area (Å²) in [5.41, 5.74) is 0.134. The maximum absolute atomic E-state index is 14.7. The van der Waals surface area contributed by atoms with Gasteiger partial charge in [-0.2, -0.15) is 13.2 Å². The Balaban J connectivity index is 1.71. The van der Waals surface area contributed by atoms with Crippen LogP contribution < -0.4 is 20.9 Å². The molecule has 1 aliphatic rings. The molecule has 1 fully saturated rings. The molecule has 0 aliphatic carbocycles. The number of urea groups is 1. The lowest BCUT2D eigenvalue weighted by atomic mass is 10.1. The van der Waals surface area contributed by atoms with Crippen molar-refractivity contribution in [3.05, 3.63) is 58.1 Å². The highest BCUT2D eigenvalue weighted by Gasteiger charge is 2.29. The zero-order chi connectivity index (χ0) is 26.5. The predicted octanol–water partition coefficient (Wildman–Crippen LogP) is 4.37. The fraction of sp³-hybridized carbons (Fsp3) is 0.391. The molecule has 0 saturated carbocycles. The number of amides is 3. The minimum absolute atomic E-state index is 0.101. The lowest BCUT2D eigenvalue weighted by molar-refractivity contribution is -0.138. The predicted molar refractivity (Wildman–Crippen MR) is 126 cm³/mol. The number of carbonyl (C=O) groups is 2. The van der Waals surface area contributed by atoms with Crippen molar-refractivity contribution in [2.24, 2.45) is 0 Å². The van der Waals surface area contributed by atoms with Gasteiger partial charge in [0.25, 0.3) is 5.91 Å². The molecule has 1 saturated heterocycles. The number of nitrogens with zero attached hydrogens (tertiary/aromatic N) is 2. The fourth-order valence-corrected chi connectivity index (χ4v) is 3.89. The van der Waals surface area contributed by atoms with Crippen molar-refractivity contribution in [3.8, 4) is 0 Å². The van der Waals surface area contributed by atoms with Crippen molar-refractivity contribution in [1.29, 1.82) is 0 Å². The summed E-state index contributed by atoms with van der Waals surface area (Å²) < 4.78 is 66.7. The molecule has 3 N–H and O–H groups in total. The number of anilines is 2. The fourth-order valence-electron chi connectivity index (χ4n) is 3.72. The van der Waals surface area contributed by atoms with Gasteiger partial charge < -0.3 is 20.9 Å². The number of rotatable bonds is 7. The second kappa shape index (κ2) is 11.7. The summed E-state index contributed by atoms with van der Waals surface area (Å²) in [5.74, 6) is -3.52. The Kier molecular flexibility index (Phi) is 8.96. The first kappa shape index (κ1) is 27.5. The van der Waals surface area contributed by atoms with E-state index in [0.29, 0.717) is 42.6 Å². The average Bonchev–Trinajstić information content (AvgIpc) is 2.84. The van der Waals surface area contributed by atoms with Crippen molar-refractivity contribution in [1.82, 2.24) is 15.5 Å². The Bertz CT molecular complexity index is 1110. The minimum Gasteiger partial charge on any atom is -0.367 e. The van der Waals surface area contributed by atoms with E-state index >= 15 is 0 Å². The Morgan fingerprint density at radius 3 is 2.36 bits per heavy atom. The first-order chi connectivity index (χ1) is 17.0. The molecule has 36 heavy (non-hydrogen) atoms. The maximum atomic E-state index is 14.7. The van der Waals surface area contributed by atoms with Gasteiger partial charge >= 0.3 is 12.2 Å². The first-order valence-electron chi connectivity index (χ1n) is 11.1. The van der Waals surface area contributed by atoms with Crippen LogP contribution in [0, 0.1) is 11.6 Å². The van der Waals surface area contributed by atoms with Gasteiger partial charge in [0.15, 0.2) is 11.6 Å². The largest absolute Gasteiger partial charge is 0.390 e.